The van der Waals surface area contributed by atoms with Gasteiger partial charge in [0.15, 0.2) is 0 Å². The monoisotopic (exact) mass is 448 g/mol. The number of hydrogen-bond acceptors (Lipinski definition) is 1. The minimum absolute atomic E-state index is 0.539. The minimum Gasteiger partial charge on any atom is -0.111 e. The van der Waals surface area contributed by atoms with Gasteiger partial charge in [-0.3, -0.25) is 0 Å². The molecule has 1 aliphatic heterocycles. The third-order valence-corrected chi connectivity index (χ3v) is 6.57. The lowest BCUT2D eigenvalue weighted by Crippen LogP contribution is -1.90. The quantitative estimate of drug-likeness (QED) is 0.467. The number of halogens is 2. The molecule has 0 aliphatic carbocycles. The molecule has 1 heterocycles. The first-order valence-corrected chi connectivity index (χ1v) is 10.1. The first kappa shape index (κ1) is 17.1. The average Bonchev–Trinajstić information content (AvgIpc) is 2.95. The Morgan fingerprint density at radius 3 is 2.61 bits per heavy atom. The fourth-order valence-electron chi connectivity index (χ4n) is 2.66. The normalized spacial score (nSPS) is 17.7. The Labute approximate surface area is 159 Å². The molecule has 1 unspecified atom stereocenters. The second kappa shape index (κ2) is 7.42. The maximum absolute atomic E-state index is 3.71. The van der Waals surface area contributed by atoms with Crippen molar-refractivity contribution in [2.24, 2.45) is 0 Å². The van der Waals surface area contributed by atoms with Crippen molar-refractivity contribution in [2.45, 2.75) is 25.5 Å². The van der Waals surface area contributed by atoms with Gasteiger partial charge in [0.05, 0.1) is 0 Å². The van der Waals surface area contributed by atoms with Crippen LogP contribution in [-0.2, 0) is 0 Å². The molecule has 0 spiro atoms. The van der Waals surface area contributed by atoms with Gasteiger partial charge < -0.3 is 0 Å². The van der Waals surface area contributed by atoms with Crippen LogP contribution in [0.3, 0.4) is 0 Å². The molecule has 1 aliphatic rings. The van der Waals surface area contributed by atoms with Gasteiger partial charge in [-0.15, -0.1) is 11.8 Å². The molecule has 0 bridgehead atoms. The van der Waals surface area contributed by atoms with E-state index >= 15 is 0 Å². The van der Waals surface area contributed by atoms with Crippen LogP contribution in [0, 0.1) is 13.8 Å². The standard InChI is InChI=1S/C20H18Br2S/c1-13-3-4-14(2)17(11-13)18-12-15(6-9-19(18)21)5-7-16-8-10-20(22)23-16/h3-7,9-12,16H,8H2,1-2H3/b7-5+. The number of hydrogen-bond donors (Lipinski definition) is 0. The van der Waals surface area contributed by atoms with Crippen LogP contribution in [-0.4, -0.2) is 5.25 Å². The first-order valence-electron chi connectivity index (χ1n) is 7.60. The number of benzene rings is 2. The Morgan fingerprint density at radius 2 is 1.87 bits per heavy atom. The molecule has 0 N–H and O–H groups in total. The second-order valence-corrected chi connectivity index (χ2v) is 9.33. The summed E-state index contributed by atoms with van der Waals surface area (Å²) >= 11 is 9.14. The Bertz CT molecular complexity index is 790. The van der Waals surface area contributed by atoms with E-state index in [-0.39, 0.29) is 0 Å². The highest BCUT2D eigenvalue weighted by Crippen LogP contribution is 2.37. The second-order valence-electron chi connectivity index (χ2n) is 5.82. The van der Waals surface area contributed by atoms with Crippen molar-refractivity contribution in [3.8, 4) is 11.1 Å². The smallest absolute Gasteiger partial charge is 0.0469 e. The van der Waals surface area contributed by atoms with Crippen molar-refractivity contribution in [1.82, 2.24) is 0 Å². The summed E-state index contributed by atoms with van der Waals surface area (Å²) in [6.45, 7) is 4.31. The Morgan fingerprint density at radius 1 is 1.04 bits per heavy atom. The molecule has 3 rings (SSSR count). The Hall–Kier alpha value is -0.770. The summed E-state index contributed by atoms with van der Waals surface area (Å²) in [5, 5.41) is 0.539. The van der Waals surface area contributed by atoms with Gasteiger partial charge in [0.25, 0.3) is 0 Å². The molecule has 0 aromatic heterocycles. The molecule has 2 aromatic rings. The predicted octanol–water partition coefficient (Wildman–Crippen LogP) is 7.49. The summed E-state index contributed by atoms with van der Waals surface area (Å²) in [6.07, 6.45) is 7.87. The lowest BCUT2D eigenvalue weighted by atomic mass is 9.97. The van der Waals surface area contributed by atoms with Gasteiger partial charge in [0.1, 0.15) is 0 Å². The van der Waals surface area contributed by atoms with Crippen molar-refractivity contribution in [3.63, 3.8) is 0 Å². The summed E-state index contributed by atoms with van der Waals surface area (Å²) in [6, 6.07) is 13.2. The van der Waals surface area contributed by atoms with Crippen LogP contribution in [0.5, 0.6) is 0 Å². The van der Waals surface area contributed by atoms with Gasteiger partial charge in [-0.25, -0.2) is 0 Å². The molecule has 0 nitrogen and oxygen atoms in total. The Balaban J connectivity index is 1.90. The highest BCUT2D eigenvalue weighted by molar-refractivity contribution is 9.14. The van der Waals surface area contributed by atoms with Gasteiger partial charge in [0.2, 0.25) is 0 Å². The Kier molecular flexibility index (Phi) is 5.50. The highest BCUT2D eigenvalue weighted by Gasteiger charge is 2.13. The number of rotatable bonds is 3. The number of allylic oxidation sites excluding steroid dienone is 1. The molecule has 3 heteroatoms. The fraction of sp³-hybridized carbons (Fsp3) is 0.200. The zero-order chi connectivity index (χ0) is 16.4. The maximum atomic E-state index is 3.71. The lowest BCUT2D eigenvalue weighted by Gasteiger charge is -2.11. The van der Waals surface area contributed by atoms with Crippen LogP contribution in [0.1, 0.15) is 23.1 Å². The summed E-state index contributed by atoms with van der Waals surface area (Å²) in [5.41, 5.74) is 6.39. The third-order valence-electron chi connectivity index (χ3n) is 3.95. The zero-order valence-corrected chi connectivity index (χ0v) is 17.1. The van der Waals surface area contributed by atoms with E-state index in [4.69, 9.17) is 0 Å². The van der Waals surface area contributed by atoms with Crippen molar-refractivity contribution in [1.29, 1.82) is 0 Å². The summed E-state index contributed by atoms with van der Waals surface area (Å²) in [7, 11) is 0. The number of aryl methyl sites for hydroxylation is 2. The van der Waals surface area contributed by atoms with Crippen LogP contribution in [0.25, 0.3) is 17.2 Å². The molecule has 0 fully saturated rings. The van der Waals surface area contributed by atoms with Crippen LogP contribution in [0.4, 0.5) is 0 Å². The van der Waals surface area contributed by atoms with E-state index in [1.165, 1.54) is 31.6 Å². The molecule has 118 valence electrons. The topological polar surface area (TPSA) is 0 Å². The van der Waals surface area contributed by atoms with Crippen LogP contribution < -0.4 is 0 Å². The van der Waals surface area contributed by atoms with Crippen molar-refractivity contribution < 1.29 is 0 Å². The molecule has 2 aromatic carbocycles. The van der Waals surface area contributed by atoms with E-state index in [1.54, 1.807) is 0 Å². The fourth-order valence-corrected chi connectivity index (χ4v) is 4.86. The summed E-state index contributed by atoms with van der Waals surface area (Å²) < 4.78 is 2.39. The minimum atomic E-state index is 0.539. The molecule has 0 amide bonds. The predicted molar refractivity (Wildman–Crippen MR) is 111 cm³/mol. The number of thioether (sulfide) groups is 1. The summed E-state index contributed by atoms with van der Waals surface area (Å²) in [5.74, 6) is 0. The molecular formula is C20H18Br2S. The van der Waals surface area contributed by atoms with E-state index in [0.717, 1.165) is 10.9 Å². The van der Waals surface area contributed by atoms with Crippen molar-refractivity contribution >= 4 is 49.7 Å². The molecule has 0 saturated heterocycles. The highest BCUT2D eigenvalue weighted by atomic mass is 79.9. The SMILES string of the molecule is Cc1ccc(C)c(-c2cc(/C=C/C3CC=C(Br)S3)ccc2Br)c1. The zero-order valence-electron chi connectivity index (χ0n) is 13.1. The maximum Gasteiger partial charge on any atom is 0.0469 e. The average molecular weight is 450 g/mol. The summed E-state index contributed by atoms with van der Waals surface area (Å²) in [4.78, 5) is 0. The van der Waals surface area contributed by atoms with Gasteiger partial charge in [0, 0.05) is 13.5 Å². The molecule has 23 heavy (non-hydrogen) atoms. The molecule has 1 atom stereocenters. The third kappa shape index (κ3) is 4.20. The van der Waals surface area contributed by atoms with Gasteiger partial charge >= 0.3 is 0 Å². The van der Waals surface area contributed by atoms with E-state index in [2.05, 4.69) is 100 Å². The lowest BCUT2D eigenvalue weighted by molar-refractivity contribution is 1.10. The van der Waals surface area contributed by atoms with Gasteiger partial charge in [-0.1, -0.05) is 64.0 Å². The largest absolute Gasteiger partial charge is 0.111 e. The van der Waals surface area contributed by atoms with E-state index < -0.39 is 0 Å². The van der Waals surface area contributed by atoms with Crippen LogP contribution in [0.2, 0.25) is 0 Å². The van der Waals surface area contributed by atoms with Gasteiger partial charge in [-0.05, 0) is 70.6 Å². The molecule has 0 radical (unpaired) electrons. The van der Waals surface area contributed by atoms with E-state index in [1.807, 2.05) is 11.8 Å². The van der Waals surface area contributed by atoms with Crippen molar-refractivity contribution in [2.75, 3.05) is 0 Å². The molecule has 0 saturated carbocycles. The van der Waals surface area contributed by atoms with Crippen LogP contribution >= 0.6 is 43.6 Å². The van der Waals surface area contributed by atoms with Crippen LogP contribution in [0.15, 0.2) is 56.8 Å². The first-order chi connectivity index (χ1) is 11.0. The van der Waals surface area contributed by atoms with E-state index in [9.17, 15) is 0 Å². The van der Waals surface area contributed by atoms with Gasteiger partial charge in [-0.2, -0.15) is 0 Å². The van der Waals surface area contributed by atoms with E-state index in [0.29, 0.717) is 5.25 Å². The molecular weight excluding hydrogens is 432 g/mol. The van der Waals surface area contributed by atoms with Crippen molar-refractivity contribution in [3.05, 3.63) is 73.5 Å².